The Labute approximate surface area is 122 Å². The van der Waals surface area contributed by atoms with Gasteiger partial charge in [-0.05, 0) is 18.2 Å². The van der Waals surface area contributed by atoms with Crippen LogP contribution in [0.5, 0.6) is 5.75 Å². The Hall–Kier alpha value is -1.85. The minimum absolute atomic E-state index is 0.339. The van der Waals surface area contributed by atoms with Crippen molar-refractivity contribution in [2.45, 2.75) is 6.61 Å². The van der Waals surface area contributed by atoms with Crippen molar-refractivity contribution in [3.8, 4) is 17.0 Å². The van der Waals surface area contributed by atoms with Crippen LogP contribution in [-0.2, 0) is 11.3 Å². The first-order valence-electron chi connectivity index (χ1n) is 6.06. The van der Waals surface area contributed by atoms with E-state index in [1.54, 1.807) is 27.3 Å². The first-order chi connectivity index (χ1) is 9.67. The molecule has 0 radical (unpaired) electrons. The summed E-state index contributed by atoms with van der Waals surface area (Å²) >= 11 is 6.06. The maximum Gasteiger partial charge on any atom is 0.157 e. The van der Waals surface area contributed by atoms with Gasteiger partial charge in [0.25, 0.3) is 0 Å². The molecule has 106 valence electrons. The van der Waals surface area contributed by atoms with Gasteiger partial charge in [0.15, 0.2) is 5.82 Å². The lowest BCUT2D eigenvalue weighted by Gasteiger charge is -2.11. The lowest BCUT2D eigenvalue weighted by Crippen LogP contribution is -2.03. The molecule has 6 heteroatoms. The monoisotopic (exact) mass is 293 g/mol. The van der Waals surface area contributed by atoms with E-state index in [4.69, 9.17) is 21.1 Å². The third kappa shape index (κ3) is 3.18. The number of anilines is 1. The molecule has 20 heavy (non-hydrogen) atoms. The topological polar surface area (TPSA) is 56.3 Å². The van der Waals surface area contributed by atoms with Crippen LogP contribution in [0.4, 0.5) is 5.82 Å². The fourth-order valence-corrected chi connectivity index (χ4v) is 2.01. The molecule has 2 aromatic rings. The number of nitrogens with zero attached hydrogens (tertiary/aromatic N) is 2. The highest BCUT2D eigenvalue weighted by Gasteiger charge is 2.11. The number of methoxy groups -OCH3 is 2. The molecule has 2 rings (SSSR count). The van der Waals surface area contributed by atoms with Gasteiger partial charge in [-0.3, -0.25) is 0 Å². The highest BCUT2D eigenvalue weighted by molar-refractivity contribution is 6.30. The highest BCUT2D eigenvalue weighted by Crippen LogP contribution is 2.32. The van der Waals surface area contributed by atoms with Crippen molar-refractivity contribution in [3.63, 3.8) is 0 Å². The minimum Gasteiger partial charge on any atom is -0.496 e. The van der Waals surface area contributed by atoms with Crippen molar-refractivity contribution in [3.05, 3.63) is 35.1 Å². The van der Waals surface area contributed by atoms with Gasteiger partial charge in [0.1, 0.15) is 18.2 Å². The standard InChI is InChI=1S/C14H16ClN3O2/c1-16-13-7-11(17-14(18-13)8-19-2)10-6-9(15)4-5-12(10)20-3/h4-7H,8H2,1-3H3,(H,16,17,18). The molecule has 5 nitrogen and oxygen atoms in total. The first-order valence-corrected chi connectivity index (χ1v) is 6.44. The van der Waals surface area contributed by atoms with Gasteiger partial charge in [0.05, 0.1) is 12.8 Å². The van der Waals surface area contributed by atoms with Gasteiger partial charge in [0.2, 0.25) is 0 Å². The molecule has 0 amide bonds. The second kappa shape index (κ2) is 6.54. The number of halogens is 1. The SMILES string of the molecule is CNc1cc(-c2cc(Cl)ccc2OC)nc(COC)n1. The van der Waals surface area contributed by atoms with Crippen LogP contribution in [0.3, 0.4) is 0 Å². The Morgan fingerprint density at radius 1 is 1.20 bits per heavy atom. The van der Waals surface area contributed by atoms with Gasteiger partial charge >= 0.3 is 0 Å². The molecule has 0 saturated heterocycles. The van der Waals surface area contributed by atoms with Gasteiger partial charge in [-0.25, -0.2) is 9.97 Å². The number of hydrogen-bond donors (Lipinski definition) is 1. The molecule has 0 bridgehead atoms. The molecule has 1 heterocycles. The molecule has 1 N–H and O–H groups in total. The number of rotatable bonds is 5. The molecule has 0 atom stereocenters. The summed E-state index contributed by atoms with van der Waals surface area (Å²) in [5, 5.41) is 3.63. The number of benzene rings is 1. The molecule has 1 aromatic heterocycles. The van der Waals surface area contributed by atoms with Crippen LogP contribution in [0, 0.1) is 0 Å². The quantitative estimate of drug-likeness (QED) is 0.918. The van der Waals surface area contributed by atoms with Gasteiger partial charge in [-0.15, -0.1) is 0 Å². The summed E-state index contributed by atoms with van der Waals surface area (Å²) in [5.74, 6) is 2.01. The van der Waals surface area contributed by atoms with Crippen molar-refractivity contribution in [2.24, 2.45) is 0 Å². The first kappa shape index (κ1) is 14.6. The third-order valence-corrected chi connectivity index (χ3v) is 2.97. The second-order valence-electron chi connectivity index (χ2n) is 4.08. The van der Waals surface area contributed by atoms with E-state index in [0.29, 0.717) is 29.0 Å². The van der Waals surface area contributed by atoms with Crippen molar-refractivity contribution in [2.75, 3.05) is 26.6 Å². The fourth-order valence-electron chi connectivity index (χ4n) is 1.84. The predicted octanol–water partition coefficient (Wildman–Crippen LogP) is 2.99. The normalized spacial score (nSPS) is 10.4. The number of hydrogen-bond acceptors (Lipinski definition) is 5. The van der Waals surface area contributed by atoms with Crippen molar-refractivity contribution in [1.29, 1.82) is 0 Å². The van der Waals surface area contributed by atoms with Crippen LogP contribution in [0.1, 0.15) is 5.82 Å². The number of nitrogens with one attached hydrogen (secondary N) is 1. The number of aromatic nitrogens is 2. The van der Waals surface area contributed by atoms with Crippen LogP contribution in [0.2, 0.25) is 5.02 Å². The summed E-state index contributed by atoms with van der Waals surface area (Å²) in [7, 11) is 5.02. The molecule has 0 fully saturated rings. The Morgan fingerprint density at radius 2 is 2.00 bits per heavy atom. The molecule has 0 saturated carbocycles. The van der Waals surface area contributed by atoms with E-state index < -0.39 is 0 Å². The Balaban J connectivity index is 2.56. The summed E-state index contributed by atoms with van der Waals surface area (Å²) in [4.78, 5) is 8.80. The molecule has 0 spiro atoms. The lowest BCUT2D eigenvalue weighted by molar-refractivity contribution is 0.178. The molecule has 0 aliphatic rings. The maximum absolute atomic E-state index is 6.06. The summed E-state index contributed by atoms with van der Waals surface area (Å²) in [6.45, 7) is 0.339. The molecular formula is C14H16ClN3O2. The zero-order chi connectivity index (χ0) is 14.5. The van der Waals surface area contributed by atoms with Crippen molar-refractivity contribution < 1.29 is 9.47 Å². The van der Waals surface area contributed by atoms with E-state index in [1.165, 1.54) is 0 Å². The summed E-state index contributed by atoms with van der Waals surface area (Å²) in [5.41, 5.74) is 1.55. The average molecular weight is 294 g/mol. The average Bonchev–Trinajstić information content (AvgIpc) is 2.47. The van der Waals surface area contributed by atoms with Crippen molar-refractivity contribution in [1.82, 2.24) is 9.97 Å². The van der Waals surface area contributed by atoms with Gasteiger partial charge < -0.3 is 14.8 Å². The zero-order valence-corrected chi connectivity index (χ0v) is 12.4. The van der Waals surface area contributed by atoms with Crippen LogP contribution in [-0.4, -0.2) is 31.2 Å². The van der Waals surface area contributed by atoms with E-state index in [9.17, 15) is 0 Å². The number of ether oxygens (including phenoxy) is 2. The Morgan fingerprint density at radius 3 is 2.65 bits per heavy atom. The van der Waals surface area contributed by atoms with E-state index in [1.807, 2.05) is 18.2 Å². The van der Waals surface area contributed by atoms with Crippen LogP contribution in [0.15, 0.2) is 24.3 Å². The Kier molecular flexibility index (Phi) is 4.76. The molecule has 0 unspecified atom stereocenters. The van der Waals surface area contributed by atoms with Crippen LogP contribution < -0.4 is 10.1 Å². The van der Waals surface area contributed by atoms with E-state index >= 15 is 0 Å². The van der Waals surface area contributed by atoms with Gasteiger partial charge in [-0.2, -0.15) is 0 Å². The summed E-state index contributed by atoms with van der Waals surface area (Å²) in [6, 6.07) is 7.25. The van der Waals surface area contributed by atoms with E-state index in [2.05, 4.69) is 15.3 Å². The minimum atomic E-state index is 0.339. The molecule has 0 aliphatic heterocycles. The van der Waals surface area contributed by atoms with E-state index in [0.717, 1.165) is 11.3 Å². The Bertz CT molecular complexity index is 605. The highest BCUT2D eigenvalue weighted by atomic mass is 35.5. The van der Waals surface area contributed by atoms with Crippen LogP contribution in [0.25, 0.3) is 11.3 Å². The largest absolute Gasteiger partial charge is 0.496 e. The zero-order valence-electron chi connectivity index (χ0n) is 11.6. The second-order valence-corrected chi connectivity index (χ2v) is 4.52. The molecule has 0 aliphatic carbocycles. The third-order valence-electron chi connectivity index (χ3n) is 2.74. The smallest absolute Gasteiger partial charge is 0.157 e. The van der Waals surface area contributed by atoms with Crippen molar-refractivity contribution >= 4 is 17.4 Å². The molecular weight excluding hydrogens is 278 g/mol. The van der Waals surface area contributed by atoms with Gasteiger partial charge in [-0.1, -0.05) is 11.6 Å². The summed E-state index contributed by atoms with van der Waals surface area (Å²) in [6.07, 6.45) is 0. The van der Waals surface area contributed by atoms with E-state index in [-0.39, 0.29) is 0 Å². The predicted molar refractivity (Wildman–Crippen MR) is 79.3 cm³/mol. The molecule has 1 aromatic carbocycles. The maximum atomic E-state index is 6.06. The van der Waals surface area contributed by atoms with Gasteiger partial charge in [0, 0.05) is 30.8 Å². The summed E-state index contributed by atoms with van der Waals surface area (Å²) < 4.78 is 10.4. The lowest BCUT2D eigenvalue weighted by atomic mass is 10.1. The fraction of sp³-hybridized carbons (Fsp3) is 0.286. The van der Waals surface area contributed by atoms with Crippen LogP contribution >= 0.6 is 11.6 Å².